The van der Waals surface area contributed by atoms with Crippen molar-refractivity contribution in [2.75, 3.05) is 0 Å². The lowest BCUT2D eigenvalue weighted by atomic mass is 10.1. The molecule has 2 aromatic heterocycles. The molecule has 5 heteroatoms. The van der Waals surface area contributed by atoms with Gasteiger partial charge in [-0.2, -0.15) is 5.10 Å². The van der Waals surface area contributed by atoms with E-state index in [1.165, 1.54) is 39.7 Å². The predicted octanol–water partition coefficient (Wildman–Crippen LogP) is 3.02. The molecule has 3 rings (SSSR count). The van der Waals surface area contributed by atoms with E-state index in [1.807, 2.05) is 23.1 Å². The highest BCUT2D eigenvalue weighted by Gasteiger charge is 2.26. The van der Waals surface area contributed by atoms with Gasteiger partial charge in [0, 0.05) is 29.7 Å². The van der Waals surface area contributed by atoms with Crippen LogP contribution in [-0.4, -0.2) is 20.8 Å². The van der Waals surface area contributed by atoms with Gasteiger partial charge in [-0.1, -0.05) is 6.92 Å². The maximum absolute atomic E-state index is 4.92. The molecule has 0 spiro atoms. The molecule has 1 aliphatic rings. The Kier molecular flexibility index (Phi) is 4.13. The molecule has 0 saturated heterocycles. The Bertz CT molecular complexity index is 605. The number of aromatic nitrogens is 3. The number of nitrogens with one attached hydrogen (secondary N) is 1. The van der Waals surface area contributed by atoms with Crippen LogP contribution in [0.2, 0.25) is 0 Å². The first-order valence-electron chi connectivity index (χ1n) is 7.85. The first-order chi connectivity index (χ1) is 10.1. The van der Waals surface area contributed by atoms with Crippen molar-refractivity contribution in [3.63, 3.8) is 0 Å². The second-order valence-corrected chi connectivity index (χ2v) is 7.20. The second-order valence-electron chi connectivity index (χ2n) is 6.09. The van der Waals surface area contributed by atoms with E-state index >= 15 is 0 Å². The first kappa shape index (κ1) is 14.7. The monoisotopic (exact) mass is 304 g/mol. The van der Waals surface area contributed by atoms with Crippen molar-refractivity contribution in [3.8, 4) is 0 Å². The van der Waals surface area contributed by atoms with Gasteiger partial charge in [-0.3, -0.25) is 4.68 Å². The zero-order valence-corrected chi connectivity index (χ0v) is 14.1. The molecule has 0 fully saturated rings. The SMILES string of the molecule is CCc1nn(C)cc1C(NC(C)C)c1nc2c(s1)CCC2. The van der Waals surface area contributed by atoms with Crippen molar-refractivity contribution in [2.45, 2.75) is 58.5 Å². The Balaban J connectivity index is 2.00. The number of nitrogens with zero attached hydrogens (tertiary/aromatic N) is 3. The fourth-order valence-electron chi connectivity index (χ4n) is 3.03. The molecule has 1 atom stereocenters. The molecular weight excluding hydrogens is 280 g/mol. The van der Waals surface area contributed by atoms with Crippen LogP contribution in [0.1, 0.15) is 60.1 Å². The van der Waals surface area contributed by atoms with Crippen LogP contribution in [-0.2, 0) is 26.3 Å². The summed E-state index contributed by atoms with van der Waals surface area (Å²) in [4.78, 5) is 6.41. The Morgan fingerprint density at radius 1 is 1.38 bits per heavy atom. The average Bonchev–Trinajstić information content (AvgIpc) is 3.08. The summed E-state index contributed by atoms with van der Waals surface area (Å²) in [5.74, 6) is 0. The van der Waals surface area contributed by atoms with Gasteiger partial charge in [-0.05, 0) is 39.5 Å². The molecule has 1 N–H and O–H groups in total. The molecule has 114 valence electrons. The van der Waals surface area contributed by atoms with E-state index in [0.29, 0.717) is 6.04 Å². The molecule has 0 aromatic carbocycles. The van der Waals surface area contributed by atoms with Gasteiger partial charge in [-0.15, -0.1) is 11.3 Å². The highest BCUT2D eigenvalue weighted by atomic mass is 32.1. The Morgan fingerprint density at radius 2 is 2.19 bits per heavy atom. The van der Waals surface area contributed by atoms with Crippen molar-refractivity contribution in [3.05, 3.63) is 33.0 Å². The van der Waals surface area contributed by atoms with Gasteiger partial charge in [0.15, 0.2) is 0 Å². The number of thiazole rings is 1. The molecular formula is C16H24N4S. The van der Waals surface area contributed by atoms with Crippen molar-refractivity contribution in [1.29, 1.82) is 0 Å². The third-order valence-corrected chi connectivity index (χ3v) is 5.16. The summed E-state index contributed by atoms with van der Waals surface area (Å²) in [6, 6.07) is 0.586. The number of fused-ring (bicyclic) bond motifs is 1. The third-order valence-electron chi connectivity index (χ3n) is 3.94. The molecule has 1 unspecified atom stereocenters. The van der Waals surface area contributed by atoms with E-state index in [9.17, 15) is 0 Å². The fourth-order valence-corrected chi connectivity index (χ4v) is 4.26. The van der Waals surface area contributed by atoms with Crippen LogP contribution >= 0.6 is 11.3 Å². The lowest BCUT2D eigenvalue weighted by Crippen LogP contribution is -2.29. The number of aryl methyl sites for hydroxylation is 4. The molecule has 0 saturated carbocycles. The molecule has 1 aliphatic carbocycles. The zero-order chi connectivity index (χ0) is 15.0. The lowest BCUT2D eigenvalue weighted by Gasteiger charge is -2.19. The van der Waals surface area contributed by atoms with Crippen LogP contribution in [0.5, 0.6) is 0 Å². The summed E-state index contributed by atoms with van der Waals surface area (Å²) in [5, 5.41) is 9.49. The number of hydrogen-bond acceptors (Lipinski definition) is 4. The van der Waals surface area contributed by atoms with E-state index in [0.717, 1.165) is 12.8 Å². The van der Waals surface area contributed by atoms with Crippen LogP contribution in [0, 0.1) is 0 Å². The summed E-state index contributed by atoms with van der Waals surface area (Å²) >= 11 is 1.88. The molecule has 4 nitrogen and oxygen atoms in total. The van der Waals surface area contributed by atoms with E-state index in [4.69, 9.17) is 4.98 Å². The van der Waals surface area contributed by atoms with Gasteiger partial charge in [0.25, 0.3) is 0 Å². The van der Waals surface area contributed by atoms with Crippen molar-refractivity contribution in [2.24, 2.45) is 7.05 Å². The highest BCUT2D eigenvalue weighted by Crippen LogP contribution is 2.34. The molecule has 2 heterocycles. The van der Waals surface area contributed by atoms with Crippen LogP contribution in [0.15, 0.2) is 6.20 Å². The minimum Gasteiger partial charge on any atom is -0.302 e. The second kappa shape index (κ2) is 5.89. The Labute approximate surface area is 130 Å². The van der Waals surface area contributed by atoms with Crippen LogP contribution < -0.4 is 5.32 Å². The normalized spacial score (nSPS) is 15.7. The Hall–Kier alpha value is -1.20. The lowest BCUT2D eigenvalue weighted by molar-refractivity contribution is 0.523. The van der Waals surface area contributed by atoms with E-state index in [2.05, 4.69) is 37.4 Å². The smallest absolute Gasteiger partial charge is 0.115 e. The molecule has 21 heavy (non-hydrogen) atoms. The molecule has 0 aliphatic heterocycles. The largest absolute Gasteiger partial charge is 0.302 e. The van der Waals surface area contributed by atoms with Gasteiger partial charge >= 0.3 is 0 Å². The van der Waals surface area contributed by atoms with E-state index in [1.54, 1.807) is 0 Å². The first-order valence-corrected chi connectivity index (χ1v) is 8.67. The maximum atomic E-state index is 4.92. The van der Waals surface area contributed by atoms with Crippen LogP contribution in [0.25, 0.3) is 0 Å². The predicted molar refractivity (Wildman–Crippen MR) is 86.8 cm³/mol. The van der Waals surface area contributed by atoms with Crippen molar-refractivity contribution >= 4 is 11.3 Å². The van der Waals surface area contributed by atoms with Gasteiger partial charge in [0.05, 0.1) is 17.4 Å². The van der Waals surface area contributed by atoms with E-state index in [-0.39, 0.29) is 6.04 Å². The maximum Gasteiger partial charge on any atom is 0.115 e. The fraction of sp³-hybridized carbons (Fsp3) is 0.625. The van der Waals surface area contributed by atoms with Crippen LogP contribution in [0.3, 0.4) is 0 Å². The third kappa shape index (κ3) is 2.90. The van der Waals surface area contributed by atoms with Gasteiger partial charge in [0.1, 0.15) is 5.01 Å². The summed E-state index contributed by atoms with van der Waals surface area (Å²) in [7, 11) is 2.00. The average molecular weight is 304 g/mol. The van der Waals surface area contributed by atoms with Gasteiger partial charge in [-0.25, -0.2) is 4.98 Å². The van der Waals surface area contributed by atoms with Crippen molar-refractivity contribution in [1.82, 2.24) is 20.1 Å². The number of hydrogen-bond donors (Lipinski definition) is 1. The summed E-state index contributed by atoms with van der Waals surface area (Å²) < 4.78 is 1.92. The quantitative estimate of drug-likeness (QED) is 0.923. The zero-order valence-electron chi connectivity index (χ0n) is 13.3. The summed E-state index contributed by atoms with van der Waals surface area (Å²) in [5.41, 5.74) is 3.78. The summed E-state index contributed by atoms with van der Waals surface area (Å²) in [6.45, 7) is 6.55. The van der Waals surface area contributed by atoms with Crippen molar-refractivity contribution < 1.29 is 0 Å². The minimum absolute atomic E-state index is 0.171. The highest BCUT2D eigenvalue weighted by molar-refractivity contribution is 7.11. The minimum atomic E-state index is 0.171. The topological polar surface area (TPSA) is 42.7 Å². The van der Waals surface area contributed by atoms with Crippen LogP contribution in [0.4, 0.5) is 0 Å². The molecule has 2 aromatic rings. The molecule has 0 bridgehead atoms. The van der Waals surface area contributed by atoms with Gasteiger partial charge in [0.2, 0.25) is 0 Å². The molecule has 0 amide bonds. The van der Waals surface area contributed by atoms with Gasteiger partial charge < -0.3 is 5.32 Å². The molecule has 0 radical (unpaired) electrons. The summed E-state index contributed by atoms with van der Waals surface area (Å²) in [6.07, 6.45) is 6.72. The number of rotatable bonds is 5. The van der Waals surface area contributed by atoms with E-state index < -0.39 is 0 Å². The Morgan fingerprint density at radius 3 is 2.86 bits per heavy atom. The standard InChI is InChI=1S/C16H24N4S/c1-5-12-11(9-20(4)19-12)15(17-10(2)3)16-18-13-7-6-8-14(13)21-16/h9-10,15,17H,5-8H2,1-4H3.